The molecule has 2 saturated heterocycles. The maximum Gasteiger partial charge on any atom is 0.306 e. The molecule has 8 nitrogen and oxygen atoms in total. The monoisotopic (exact) mass is 397 g/mol. The number of nitrogens with one attached hydrogen (secondary N) is 2. The van der Waals surface area contributed by atoms with Crippen LogP contribution in [-0.2, 0) is 14.4 Å². The lowest BCUT2D eigenvalue weighted by Gasteiger charge is -2.38. The summed E-state index contributed by atoms with van der Waals surface area (Å²) < 4.78 is 29.2. The molecule has 0 unspecified atom stereocenters. The first kappa shape index (κ1) is 20.0. The van der Waals surface area contributed by atoms with Crippen molar-refractivity contribution in [2.75, 3.05) is 23.3 Å². The Morgan fingerprint density at radius 1 is 1.25 bits per heavy atom. The highest BCUT2D eigenvalue weighted by molar-refractivity contribution is 6.01. The van der Waals surface area contributed by atoms with E-state index in [-0.39, 0.29) is 56.1 Å². The predicted octanol–water partition coefficient (Wildman–Crippen LogP) is 0.988. The molecule has 2 fully saturated rings. The summed E-state index contributed by atoms with van der Waals surface area (Å²) in [5, 5.41) is 24.0. The van der Waals surface area contributed by atoms with E-state index in [0.717, 1.165) is 12.1 Å². The molecule has 10 heteroatoms. The Hall–Kier alpha value is -2.75. The lowest BCUT2D eigenvalue weighted by molar-refractivity contribution is -0.143. The van der Waals surface area contributed by atoms with Crippen LogP contribution in [0.4, 0.5) is 20.2 Å². The molecule has 2 heterocycles. The van der Waals surface area contributed by atoms with Crippen molar-refractivity contribution in [2.45, 2.75) is 43.7 Å². The van der Waals surface area contributed by atoms with Crippen LogP contribution in [0.3, 0.4) is 0 Å². The van der Waals surface area contributed by atoms with Gasteiger partial charge < -0.3 is 20.4 Å². The highest BCUT2D eigenvalue weighted by atomic mass is 19.1. The molecule has 0 radical (unpaired) electrons. The maximum absolute atomic E-state index is 14.6. The number of anilines is 2. The van der Waals surface area contributed by atoms with Gasteiger partial charge in [0.25, 0.3) is 0 Å². The maximum atomic E-state index is 14.6. The molecule has 1 aromatic carbocycles. The van der Waals surface area contributed by atoms with Gasteiger partial charge in [-0.05, 0) is 31.4 Å². The summed E-state index contributed by atoms with van der Waals surface area (Å²) in [6.45, 7) is 0.217. The third-order valence-electron chi connectivity index (χ3n) is 5.09. The van der Waals surface area contributed by atoms with Gasteiger partial charge in [-0.2, -0.15) is 0 Å². The zero-order valence-electron chi connectivity index (χ0n) is 15.0. The molecule has 2 aliphatic rings. The van der Waals surface area contributed by atoms with E-state index in [0.29, 0.717) is 0 Å². The van der Waals surface area contributed by atoms with E-state index in [9.17, 15) is 28.3 Å². The molecule has 152 valence electrons. The zero-order chi connectivity index (χ0) is 20.5. The largest absolute Gasteiger partial charge is 0.481 e. The summed E-state index contributed by atoms with van der Waals surface area (Å²) in [5.74, 6) is -3.73. The Morgan fingerprint density at radius 2 is 1.86 bits per heavy atom. The Kier molecular flexibility index (Phi) is 5.50. The minimum atomic E-state index is -1.39. The smallest absolute Gasteiger partial charge is 0.306 e. The number of nitrogens with zero attached hydrogens (tertiary/aromatic N) is 1. The summed E-state index contributed by atoms with van der Waals surface area (Å²) in [7, 11) is 0. The lowest BCUT2D eigenvalue weighted by Crippen LogP contribution is -2.47. The standard InChI is InChI=1S/C18H21F2N3O5/c19-11-7-10(21-13-1-2-14(24)22-17(13)27)8-12(20)16(11)23-5-3-18(28,4-6-23)9-15(25)26/h7-8,13,21,28H,1-6,9H2,(H,25,26)(H,22,24,27)/t13-/m0/s1. The highest BCUT2D eigenvalue weighted by Gasteiger charge is 2.36. The van der Waals surface area contributed by atoms with E-state index >= 15 is 0 Å². The number of aliphatic carboxylic acids is 1. The van der Waals surface area contributed by atoms with E-state index in [1.54, 1.807) is 0 Å². The van der Waals surface area contributed by atoms with E-state index in [4.69, 9.17) is 5.11 Å². The summed E-state index contributed by atoms with van der Waals surface area (Å²) in [6, 6.07) is 1.38. The van der Waals surface area contributed by atoms with Crippen molar-refractivity contribution in [3.8, 4) is 0 Å². The minimum Gasteiger partial charge on any atom is -0.481 e. The zero-order valence-corrected chi connectivity index (χ0v) is 15.0. The Balaban J connectivity index is 1.70. The molecule has 1 atom stereocenters. The van der Waals surface area contributed by atoms with Crippen LogP contribution in [0, 0.1) is 11.6 Å². The lowest BCUT2D eigenvalue weighted by atomic mass is 9.88. The molecule has 4 N–H and O–H groups in total. The molecular formula is C18H21F2N3O5. The Labute approximate surface area is 159 Å². The summed E-state index contributed by atoms with van der Waals surface area (Å²) in [5.41, 5.74) is -1.57. The molecule has 2 amide bonds. The van der Waals surface area contributed by atoms with E-state index in [1.807, 2.05) is 0 Å². The molecule has 3 rings (SSSR count). The first-order chi connectivity index (χ1) is 13.2. The number of aliphatic hydroxyl groups is 1. The van der Waals surface area contributed by atoms with Gasteiger partial charge >= 0.3 is 5.97 Å². The number of hydrogen-bond donors (Lipinski definition) is 4. The van der Waals surface area contributed by atoms with Crippen molar-refractivity contribution in [3.63, 3.8) is 0 Å². The molecule has 0 aromatic heterocycles. The van der Waals surface area contributed by atoms with Gasteiger partial charge in [0.1, 0.15) is 11.7 Å². The quantitative estimate of drug-likeness (QED) is 0.547. The first-order valence-electron chi connectivity index (χ1n) is 8.95. The van der Waals surface area contributed by atoms with Crippen molar-refractivity contribution in [3.05, 3.63) is 23.8 Å². The van der Waals surface area contributed by atoms with Gasteiger partial charge in [-0.1, -0.05) is 0 Å². The minimum absolute atomic E-state index is 0.0765. The number of halogens is 2. The highest BCUT2D eigenvalue weighted by Crippen LogP contribution is 2.33. The predicted molar refractivity (Wildman–Crippen MR) is 94.8 cm³/mol. The molecule has 28 heavy (non-hydrogen) atoms. The number of rotatable bonds is 5. The number of carboxylic acid groups (broad SMARTS) is 1. The number of amides is 2. The number of carbonyl (C=O) groups excluding carboxylic acids is 2. The fourth-order valence-electron chi connectivity index (χ4n) is 3.59. The van der Waals surface area contributed by atoms with E-state index in [1.165, 1.54) is 4.90 Å². The number of carboxylic acids is 1. The SMILES string of the molecule is O=C(O)CC1(O)CCN(c2c(F)cc(N[C@H]3CCC(=O)NC3=O)cc2F)CC1. The number of benzene rings is 1. The van der Waals surface area contributed by atoms with Crippen molar-refractivity contribution >= 4 is 29.2 Å². The second-order valence-electron chi connectivity index (χ2n) is 7.22. The third-order valence-corrected chi connectivity index (χ3v) is 5.09. The third kappa shape index (κ3) is 4.38. The molecule has 0 saturated carbocycles. The topological polar surface area (TPSA) is 119 Å². The molecule has 0 aliphatic carbocycles. The normalized spacial score (nSPS) is 22.0. The number of piperidine rings is 2. The van der Waals surface area contributed by atoms with Crippen molar-refractivity contribution in [2.24, 2.45) is 0 Å². The molecule has 0 spiro atoms. The average molecular weight is 397 g/mol. The fraction of sp³-hybridized carbons (Fsp3) is 0.500. The Morgan fingerprint density at radius 3 is 2.39 bits per heavy atom. The van der Waals surface area contributed by atoms with Gasteiger partial charge in [0.05, 0.1) is 12.0 Å². The van der Waals surface area contributed by atoms with Gasteiger partial charge in [0.2, 0.25) is 11.8 Å². The van der Waals surface area contributed by atoms with Gasteiger partial charge in [-0.25, -0.2) is 8.78 Å². The summed E-state index contributed by atoms with van der Waals surface area (Å²) in [4.78, 5) is 35.2. The second kappa shape index (κ2) is 7.70. The van der Waals surface area contributed by atoms with Gasteiger partial charge in [-0.15, -0.1) is 0 Å². The van der Waals surface area contributed by atoms with Crippen LogP contribution < -0.4 is 15.5 Å². The molecule has 2 aliphatic heterocycles. The van der Waals surface area contributed by atoms with Gasteiger partial charge in [0, 0.05) is 25.2 Å². The van der Waals surface area contributed by atoms with Crippen LogP contribution >= 0.6 is 0 Å². The fourth-order valence-corrected chi connectivity index (χ4v) is 3.59. The molecule has 1 aromatic rings. The average Bonchev–Trinajstić information content (AvgIpc) is 2.58. The number of hydrogen-bond acceptors (Lipinski definition) is 6. The van der Waals surface area contributed by atoms with Crippen LogP contribution in [0.1, 0.15) is 32.1 Å². The summed E-state index contributed by atoms with van der Waals surface area (Å²) >= 11 is 0. The first-order valence-corrected chi connectivity index (χ1v) is 8.95. The van der Waals surface area contributed by atoms with Crippen molar-refractivity contribution < 1.29 is 33.4 Å². The molecular weight excluding hydrogens is 376 g/mol. The van der Waals surface area contributed by atoms with Crippen molar-refractivity contribution in [1.82, 2.24) is 5.32 Å². The van der Waals surface area contributed by atoms with Crippen molar-refractivity contribution in [1.29, 1.82) is 0 Å². The van der Waals surface area contributed by atoms with Gasteiger partial charge in [0.15, 0.2) is 11.6 Å². The Bertz CT molecular complexity index is 785. The van der Waals surface area contributed by atoms with Crippen LogP contribution in [-0.4, -0.2) is 52.7 Å². The van der Waals surface area contributed by atoms with E-state index in [2.05, 4.69) is 10.6 Å². The summed E-state index contributed by atoms with van der Waals surface area (Å²) in [6.07, 6.45) is 0.104. The number of carbonyl (C=O) groups is 3. The van der Waals surface area contributed by atoms with Crippen LogP contribution in [0.25, 0.3) is 0 Å². The molecule has 0 bridgehead atoms. The van der Waals surface area contributed by atoms with Crippen LogP contribution in [0.2, 0.25) is 0 Å². The van der Waals surface area contributed by atoms with Crippen LogP contribution in [0.15, 0.2) is 12.1 Å². The van der Waals surface area contributed by atoms with Crippen LogP contribution in [0.5, 0.6) is 0 Å². The van der Waals surface area contributed by atoms with Gasteiger partial charge in [-0.3, -0.25) is 19.7 Å². The van der Waals surface area contributed by atoms with E-state index < -0.39 is 41.6 Å². The second-order valence-corrected chi connectivity index (χ2v) is 7.22. The number of imide groups is 1.